The summed E-state index contributed by atoms with van der Waals surface area (Å²) in [7, 11) is 0. The summed E-state index contributed by atoms with van der Waals surface area (Å²) in [5.74, 6) is -0.00711. The maximum absolute atomic E-state index is 11.6. The fourth-order valence-electron chi connectivity index (χ4n) is 3.14. The van der Waals surface area contributed by atoms with Crippen molar-refractivity contribution in [1.82, 2.24) is 0 Å². The number of rotatable bonds is 3. The molecule has 0 aliphatic carbocycles. The zero-order valence-corrected chi connectivity index (χ0v) is 14.1. The van der Waals surface area contributed by atoms with Gasteiger partial charge in [0.05, 0.1) is 22.5 Å². The van der Waals surface area contributed by atoms with Crippen LogP contribution < -0.4 is 9.80 Å². The number of carbonyl (C=O) groups is 1. The summed E-state index contributed by atoms with van der Waals surface area (Å²) in [4.78, 5) is 16.0. The van der Waals surface area contributed by atoms with E-state index in [4.69, 9.17) is 0 Å². The zero-order valence-electron chi connectivity index (χ0n) is 14.1. The first kappa shape index (κ1) is 16.5. The highest BCUT2D eigenvalue weighted by molar-refractivity contribution is 5.95. The average molecular weight is 330 g/mol. The summed E-state index contributed by atoms with van der Waals surface area (Å²) in [5.41, 5.74) is 3.63. The van der Waals surface area contributed by atoms with Gasteiger partial charge in [0.15, 0.2) is 5.78 Å². The van der Waals surface area contributed by atoms with E-state index in [-0.39, 0.29) is 5.78 Å². The minimum Gasteiger partial charge on any atom is -0.367 e. The molecule has 3 rings (SSSR count). The smallest absolute Gasteiger partial charge is 0.159 e. The van der Waals surface area contributed by atoms with Crippen molar-refractivity contribution in [3.63, 3.8) is 0 Å². The molecule has 0 unspecified atom stereocenters. The molecule has 1 fully saturated rings. The molecular formula is C20H18N4O. The van der Waals surface area contributed by atoms with Crippen molar-refractivity contribution < 1.29 is 4.79 Å². The minimum absolute atomic E-state index is 0.00711. The van der Waals surface area contributed by atoms with E-state index in [0.29, 0.717) is 16.7 Å². The predicted octanol–water partition coefficient (Wildman–Crippen LogP) is 2.96. The summed E-state index contributed by atoms with van der Waals surface area (Å²) in [6.07, 6.45) is 0. The lowest BCUT2D eigenvalue weighted by Crippen LogP contribution is -2.47. The molecule has 0 amide bonds. The van der Waals surface area contributed by atoms with Crippen LogP contribution in [0.1, 0.15) is 28.4 Å². The van der Waals surface area contributed by atoms with Gasteiger partial charge in [0.1, 0.15) is 12.1 Å². The van der Waals surface area contributed by atoms with Crippen LogP contribution in [0.5, 0.6) is 0 Å². The lowest BCUT2D eigenvalue weighted by atomic mass is 10.1. The quantitative estimate of drug-likeness (QED) is 0.809. The van der Waals surface area contributed by atoms with Gasteiger partial charge in [-0.05, 0) is 37.3 Å². The lowest BCUT2D eigenvalue weighted by Gasteiger charge is -2.38. The van der Waals surface area contributed by atoms with E-state index in [2.05, 4.69) is 21.9 Å². The van der Waals surface area contributed by atoms with E-state index in [1.54, 1.807) is 18.2 Å². The Labute approximate surface area is 147 Å². The number of benzene rings is 2. The Morgan fingerprint density at radius 3 is 2.04 bits per heavy atom. The normalized spacial score (nSPS) is 13.9. The van der Waals surface area contributed by atoms with Crippen LogP contribution in [0.15, 0.2) is 42.5 Å². The summed E-state index contributed by atoms with van der Waals surface area (Å²) in [6.45, 7) is 4.51. The SMILES string of the molecule is CC(=O)c1ccc(C#N)c(N2CCN(c3ccccc3C#N)CC2)c1. The second kappa shape index (κ2) is 7.07. The second-order valence-electron chi connectivity index (χ2n) is 6.00. The molecule has 2 aromatic carbocycles. The molecule has 0 saturated carbocycles. The van der Waals surface area contributed by atoms with E-state index < -0.39 is 0 Å². The molecule has 1 aliphatic rings. The fraction of sp³-hybridized carbons (Fsp3) is 0.250. The van der Waals surface area contributed by atoms with Gasteiger partial charge >= 0.3 is 0 Å². The topological polar surface area (TPSA) is 71.1 Å². The molecule has 2 aromatic rings. The van der Waals surface area contributed by atoms with Crippen molar-refractivity contribution in [2.45, 2.75) is 6.92 Å². The number of nitriles is 2. The van der Waals surface area contributed by atoms with Crippen LogP contribution >= 0.6 is 0 Å². The van der Waals surface area contributed by atoms with Crippen LogP contribution in [0.25, 0.3) is 0 Å². The van der Waals surface area contributed by atoms with Crippen molar-refractivity contribution in [2.75, 3.05) is 36.0 Å². The number of para-hydroxylation sites is 1. The van der Waals surface area contributed by atoms with Crippen LogP contribution in [-0.2, 0) is 0 Å². The molecule has 5 heteroatoms. The van der Waals surface area contributed by atoms with Crippen molar-refractivity contribution in [2.24, 2.45) is 0 Å². The van der Waals surface area contributed by atoms with Gasteiger partial charge in [-0.15, -0.1) is 0 Å². The van der Waals surface area contributed by atoms with Gasteiger partial charge < -0.3 is 9.80 Å². The molecule has 25 heavy (non-hydrogen) atoms. The first-order chi connectivity index (χ1) is 12.1. The van der Waals surface area contributed by atoms with E-state index >= 15 is 0 Å². The van der Waals surface area contributed by atoms with Gasteiger partial charge in [-0.3, -0.25) is 4.79 Å². The van der Waals surface area contributed by atoms with Crippen molar-refractivity contribution in [3.05, 3.63) is 59.2 Å². The van der Waals surface area contributed by atoms with Gasteiger partial charge in [0.25, 0.3) is 0 Å². The molecule has 124 valence electrons. The highest BCUT2D eigenvalue weighted by Crippen LogP contribution is 2.26. The number of anilines is 2. The lowest BCUT2D eigenvalue weighted by molar-refractivity contribution is 0.101. The maximum atomic E-state index is 11.6. The number of hydrogen-bond acceptors (Lipinski definition) is 5. The standard InChI is InChI=1S/C20H18N4O/c1-15(25)16-6-7-18(14-22)20(12-16)24-10-8-23(9-11-24)19-5-3-2-4-17(19)13-21/h2-7,12H,8-11H2,1H3. The largest absolute Gasteiger partial charge is 0.367 e. The van der Waals surface area contributed by atoms with Gasteiger partial charge in [-0.1, -0.05) is 12.1 Å². The third kappa shape index (κ3) is 3.32. The van der Waals surface area contributed by atoms with Gasteiger partial charge in [0, 0.05) is 31.7 Å². The minimum atomic E-state index is -0.00711. The Morgan fingerprint density at radius 1 is 0.880 bits per heavy atom. The monoisotopic (exact) mass is 330 g/mol. The van der Waals surface area contributed by atoms with Gasteiger partial charge in [0.2, 0.25) is 0 Å². The molecule has 0 aromatic heterocycles. The highest BCUT2D eigenvalue weighted by Gasteiger charge is 2.21. The number of Topliss-reactive ketones (excluding diaryl/α,β-unsaturated/α-hetero) is 1. The second-order valence-corrected chi connectivity index (χ2v) is 6.00. The Kier molecular flexibility index (Phi) is 4.68. The molecule has 1 saturated heterocycles. The molecule has 0 bridgehead atoms. The summed E-state index contributed by atoms with van der Waals surface area (Å²) < 4.78 is 0. The first-order valence-corrected chi connectivity index (χ1v) is 8.18. The van der Waals surface area contributed by atoms with E-state index in [0.717, 1.165) is 37.6 Å². The van der Waals surface area contributed by atoms with Crippen LogP contribution in [0, 0.1) is 22.7 Å². The third-order valence-corrected chi connectivity index (χ3v) is 4.51. The Balaban J connectivity index is 1.81. The molecule has 0 atom stereocenters. The zero-order chi connectivity index (χ0) is 17.8. The van der Waals surface area contributed by atoms with Crippen LogP contribution in [-0.4, -0.2) is 32.0 Å². The number of carbonyl (C=O) groups excluding carboxylic acids is 1. The molecule has 5 nitrogen and oxygen atoms in total. The molecular weight excluding hydrogens is 312 g/mol. The molecule has 1 heterocycles. The number of hydrogen-bond donors (Lipinski definition) is 0. The predicted molar refractivity (Wildman–Crippen MR) is 96.7 cm³/mol. The van der Waals surface area contributed by atoms with Crippen LogP contribution in [0.3, 0.4) is 0 Å². The average Bonchev–Trinajstić information content (AvgIpc) is 2.67. The molecule has 0 radical (unpaired) electrons. The Hall–Kier alpha value is -3.31. The van der Waals surface area contributed by atoms with Gasteiger partial charge in [-0.2, -0.15) is 10.5 Å². The fourth-order valence-corrected chi connectivity index (χ4v) is 3.14. The molecule has 0 spiro atoms. The summed E-state index contributed by atoms with van der Waals surface area (Å²) >= 11 is 0. The first-order valence-electron chi connectivity index (χ1n) is 8.18. The number of nitrogens with zero attached hydrogens (tertiary/aromatic N) is 4. The van der Waals surface area contributed by atoms with Crippen LogP contribution in [0.2, 0.25) is 0 Å². The van der Waals surface area contributed by atoms with Gasteiger partial charge in [-0.25, -0.2) is 0 Å². The summed E-state index contributed by atoms with van der Waals surface area (Å²) in [6, 6.07) is 17.3. The molecule has 1 aliphatic heterocycles. The van der Waals surface area contributed by atoms with Crippen LogP contribution in [0.4, 0.5) is 11.4 Å². The maximum Gasteiger partial charge on any atom is 0.159 e. The van der Waals surface area contributed by atoms with E-state index in [1.807, 2.05) is 24.3 Å². The Morgan fingerprint density at radius 2 is 1.44 bits per heavy atom. The van der Waals surface area contributed by atoms with E-state index in [9.17, 15) is 15.3 Å². The number of piperazine rings is 1. The Bertz CT molecular complexity index is 883. The molecule has 0 N–H and O–H groups in total. The van der Waals surface area contributed by atoms with E-state index in [1.165, 1.54) is 6.92 Å². The number of ketones is 1. The highest BCUT2D eigenvalue weighted by atomic mass is 16.1. The van der Waals surface area contributed by atoms with Crippen molar-refractivity contribution in [1.29, 1.82) is 10.5 Å². The van der Waals surface area contributed by atoms with Crippen molar-refractivity contribution >= 4 is 17.2 Å². The third-order valence-electron chi connectivity index (χ3n) is 4.51. The summed E-state index contributed by atoms with van der Waals surface area (Å²) in [5, 5.41) is 18.6. The van der Waals surface area contributed by atoms with Crippen molar-refractivity contribution in [3.8, 4) is 12.1 Å².